The zero-order valence-electron chi connectivity index (χ0n) is 31.5. The number of benzene rings is 4. The number of ether oxygens (including phenoxy) is 2. The van der Waals surface area contributed by atoms with Crippen LogP contribution in [-0.2, 0) is 35.8 Å². The standard InChI is InChI=1S/C46H42N4O7/c1-27-7-9-31(10-8-27)47-50-43(53)38-25-37-35(16-17-36-40(37)44(54)49(42(36)52)33-13-11-32(12-14-33)48-19-21-56-22-20-48)41(46(38,45(50)55)30-5-3-2-4-6-30)29-23-28-24-34(51)15-18-39(28)57-26-29/h2-16,18,24,26,36-38,40-41,47,51H,17,19-23,25H2,1H3/t36-,37+,38-,40-,41-,46+/m0/s1. The second-order valence-electron chi connectivity index (χ2n) is 16.0. The van der Waals surface area contributed by atoms with Crippen molar-refractivity contribution in [2.75, 3.05) is 41.5 Å². The van der Waals surface area contributed by atoms with Crippen LogP contribution in [0.25, 0.3) is 0 Å². The quantitative estimate of drug-likeness (QED) is 0.178. The summed E-state index contributed by atoms with van der Waals surface area (Å²) in [5, 5.41) is 11.7. The molecule has 11 nitrogen and oxygen atoms in total. The monoisotopic (exact) mass is 762 g/mol. The van der Waals surface area contributed by atoms with Gasteiger partial charge in [0, 0.05) is 36.7 Å². The Hall–Kier alpha value is -6.20. The van der Waals surface area contributed by atoms with Crippen LogP contribution in [0.2, 0.25) is 0 Å². The average Bonchev–Trinajstić information content (AvgIpc) is 3.62. The van der Waals surface area contributed by atoms with Crippen molar-refractivity contribution < 1.29 is 33.8 Å². The zero-order chi connectivity index (χ0) is 39.0. The SMILES string of the molecule is Cc1ccc(NN2C(=O)[C@@H]3C[C@@H]4C(=CC[C@@H]5C(=O)N(c6ccc(N7CCOCC7)cc6)C(=O)[C@@H]54)[C@H](C4=COc5ccc(O)cc5C4)[C@]3(c3ccccc3)C2=O)cc1. The van der Waals surface area contributed by atoms with Gasteiger partial charge in [0.25, 0.3) is 11.8 Å². The Morgan fingerprint density at radius 3 is 2.30 bits per heavy atom. The molecule has 6 atom stereocenters. The summed E-state index contributed by atoms with van der Waals surface area (Å²) in [7, 11) is 0. The molecule has 3 saturated heterocycles. The van der Waals surface area contributed by atoms with Crippen molar-refractivity contribution >= 4 is 40.7 Å². The molecule has 57 heavy (non-hydrogen) atoms. The van der Waals surface area contributed by atoms with Crippen molar-refractivity contribution in [3.63, 3.8) is 0 Å². The lowest BCUT2D eigenvalue weighted by Gasteiger charge is -2.51. The van der Waals surface area contributed by atoms with E-state index in [1.54, 1.807) is 24.5 Å². The highest BCUT2D eigenvalue weighted by atomic mass is 16.5. The highest BCUT2D eigenvalue weighted by Crippen LogP contribution is 2.63. The fourth-order valence-corrected chi connectivity index (χ4v) is 10.5. The summed E-state index contributed by atoms with van der Waals surface area (Å²) in [6.07, 6.45) is 4.59. The molecule has 1 saturated carbocycles. The highest BCUT2D eigenvalue weighted by Gasteiger charge is 2.70. The van der Waals surface area contributed by atoms with E-state index in [1.165, 1.54) is 9.91 Å². The second-order valence-corrected chi connectivity index (χ2v) is 16.0. The molecule has 4 aliphatic heterocycles. The van der Waals surface area contributed by atoms with Crippen LogP contribution in [0.1, 0.15) is 29.5 Å². The van der Waals surface area contributed by atoms with E-state index < -0.39 is 46.8 Å². The van der Waals surface area contributed by atoms with E-state index >= 15 is 4.79 Å². The average molecular weight is 763 g/mol. The summed E-state index contributed by atoms with van der Waals surface area (Å²) >= 11 is 0. The first-order valence-electron chi connectivity index (χ1n) is 19.7. The van der Waals surface area contributed by atoms with Crippen molar-refractivity contribution in [2.24, 2.45) is 29.6 Å². The molecule has 10 rings (SSSR count). The predicted octanol–water partition coefficient (Wildman–Crippen LogP) is 6.08. The number of amides is 4. The molecule has 4 aromatic rings. The van der Waals surface area contributed by atoms with Gasteiger partial charge in [-0.15, -0.1) is 0 Å². The number of hydrogen-bond donors (Lipinski definition) is 2. The van der Waals surface area contributed by atoms with Gasteiger partial charge in [0.05, 0.1) is 54.0 Å². The van der Waals surface area contributed by atoms with E-state index in [4.69, 9.17) is 9.47 Å². The van der Waals surface area contributed by atoms with Crippen molar-refractivity contribution in [1.82, 2.24) is 5.01 Å². The summed E-state index contributed by atoms with van der Waals surface area (Å²) in [5.41, 5.74) is 7.94. The Labute approximate surface area is 330 Å². The predicted molar refractivity (Wildman–Crippen MR) is 212 cm³/mol. The Morgan fingerprint density at radius 2 is 1.54 bits per heavy atom. The first-order chi connectivity index (χ1) is 27.7. The number of hydrogen-bond acceptors (Lipinski definition) is 9. The molecule has 4 aromatic carbocycles. The molecular formula is C46H42N4O7. The minimum atomic E-state index is -1.41. The summed E-state index contributed by atoms with van der Waals surface area (Å²) in [5.74, 6) is -4.08. The van der Waals surface area contributed by atoms with Gasteiger partial charge in [0.1, 0.15) is 11.5 Å². The van der Waals surface area contributed by atoms with Gasteiger partial charge >= 0.3 is 0 Å². The molecule has 2 N–H and O–H groups in total. The van der Waals surface area contributed by atoms with Gasteiger partial charge in [-0.05, 0) is 91.4 Å². The van der Waals surface area contributed by atoms with Crippen LogP contribution < -0.4 is 20.0 Å². The van der Waals surface area contributed by atoms with Gasteiger partial charge in [-0.2, -0.15) is 5.01 Å². The first-order valence-corrected chi connectivity index (χ1v) is 19.7. The molecule has 0 spiro atoms. The highest BCUT2D eigenvalue weighted by molar-refractivity contribution is 6.22. The van der Waals surface area contributed by atoms with Crippen molar-refractivity contribution in [2.45, 2.75) is 31.6 Å². The third-order valence-electron chi connectivity index (χ3n) is 13.0. The molecule has 0 bridgehead atoms. The fraction of sp³-hybridized carbons (Fsp3) is 0.304. The van der Waals surface area contributed by atoms with E-state index in [1.807, 2.05) is 85.8 Å². The molecule has 0 radical (unpaired) electrons. The number of hydrazine groups is 1. The molecule has 288 valence electrons. The lowest BCUT2D eigenvalue weighted by molar-refractivity contribution is -0.139. The lowest BCUT2D eigenvalue weighted by atomic mass is 9.48. The normalized spacial score (nSPS) is 27.9. The molecule has 2 aliphatic carbocycles. The Morgan fingerprint density at radius 1 is 0.807 bits per heavy atom. The van der Waals surface area contributed by atoms with Gasteiger partial charge in [-0.3, -0.25) is 29.5 Å². The number of phenolic OH excluding ortho intramolecular Hbond substituents is 1. The smallest absolute Gasteiger partial charge is 0.260 e. The van der Waals surface area contributed by atoms with Crippen LogP contribution in [0.5, 0.6) is 11.5 Å². The van der Waals surface area contributed by atoms with Gasteiger partial charge in [0.15, 0.2) is 0 Å². The van der Waals surface area contributed by atoms with Crippen LogP contribution in [0.15, 0.2) is 121 Å². The van der Waals surface area contributed by atoms with Crippen molar-refractivity contribution in [3.8, 4) is 11.5 Å². The second kappa shape index (κ2) is 13.5. The third-order valence-corrected chi connectivity index (χ3v) is 13.0. The topological polar surface area (TPSA) is 129 Å². The number of imide groups is 2. The van der Waals surface area contributed by atoms with E-state index in [0.717, 1.165) is 41.1 Å². The number of carbonyl (C=O) groups excluding carboxylic acids is 4. The number of nitrogens with zero attached hydrogens (tertiary/aromatic N) is 3. The first kappa shape index (κ1) is 35.2. The number of nitrogens with one attached hydrogen (secondary N) is 1. The maximum atomic E-state index is 15.5. The van der Waals surface area contributed by atoms with Crippen LogP contribution in [-0.4, -0.2) is 60.0 Å². The number of phenols is 1. The minimum Gasteiger partial charge on any atom is -0.508 e. The lowest BCUT2D eigenvalue weighted by Crippen LogP contribution is -2.55. The van der Waals surface area contributed by atoms with Crippen LogP contribution in [0.3, 0.4) is 0 Å². The van der Waals surface area contributed by atoms with Crippen molar-refractivity contribution in [1.29, 1.82) is 0 Å². The number of aryl methyl sites for hydroxylation is 1. The number of fused-ring (bicyclic) bond motifs is 5. The molecule has 0 unspecified atom stereocenters. The molecule has 4 amide bonds. The van der Waals surface area contributed by atoms with Crippen LogP contribution in [0, 0.1) is 36.5 Å². The summed E-state index contributed by atoms with van der Waals surface area (Å²) in [6, 6.07) is 29.5. The van der Waals surface area contributed by atoms with Gasteiger partial charge in [-0.1, -0.05) is 59.7 Å². The number of morpholine rings is 1. The van der Waals surface area contributed by atoms with E-state index in [0.29, 0.717) is 48.7 Å². The van der Waals surface area contributed by atoms with E-state index in [2.05, 4.69) is 16.4 Å². The third kappa shape index (κ3) is 5.43. The van der Waals surface area contributed by atoms with Crippen molar-refractivity contribution in [3.05, 3.63) is 137 Å². The maximum Gasteiger partial charge on any atom is 0.260 e. The molecule has 4 fully saturated rings. The molecular weight excluding hydrogens is 721 g/mol. The number of rotatable bonds is 6. The van der Waals surface area contributed by atoms with E-state index in [9.17, 15) is 19.5 Å². The Kier molecular flexibility index (Phi) is 8.33. The number of allylic oxidation sites excluding steroid dienone is 3. The van der Waals surface area contributed by atoms with E-state index in [-0.39, 0.29) is 24.0 Å². The van der Waals surface area contributed by atoms with Gasteiger partial charge in [0.2, 0.25) is 11.8 Å². The zero-order valence-corrected chi connectivity index (χ0v) is 31.5. The molecule has 11 heteroatoms. The van der Waals surface area contributed by atoms with Gasteiger partial charge < -0.3 is 19.5 Å². The minimum absolute atomic E-state index is 0.0872. The summed E-state index contributed by atoms with van der Waals surface area (Å²) < 4.78 is 11.8. The Bertz CT molecular complexity index is 2370. The van der Waals surface area contributed by atoms with Crippen LogP contribution >= 0.6 is 0 Å². The maximum absolute atomic E-state index is 15.5. The number of carbonyl (C=O) groups is 4. The van der Waals surface area contributed by atoms with Gasteiger partial charge in [-0.25, -0.2) is 0 Å². The molecule has 0 aromatic heterocycles. The molecule has 4 heterocycles. The molecule has 6 aliphatic rings. The summed E-state index contributed by atoms with van der Waals surface area (Å²) in [4.78, 5) is 63.1. The fourth-order valence-electron chi connectivity index (χ4n) is 10.5. The number of aromatic hydroxyl groups is 1. The Balaban J connectivity index is 1.09. The largest absolute Gasteiger partial charge is 0.508 e. The van der Waals surface area contributed by atoms with Crippen LogP contribution in [0.4, 0.5) is 17.1 Å². The summed E-state index contributed by atoms with van der Waals surface area (Å²) in [6.45, 7) is 4.79. The number of anilines is 3.